The molecule has 2 aromatic rings. The van der Waals surface area contributed by atoms with Crippen LogP contribution in [0, 0.1) is 6.92 Å². The molecular weight excluding hydrogens is 302 g/mol. The summed E-state index contributed by atoms with van der Waals surface area (Å²) in [5.74, 6) is -0.0736. The van der Waals surface area contributed by atoms with Crippen LogP contribution in [0.25, 0.3) is 0 Å². The second-order valence-electron chi connectivity index (χ2n) is 5.78. The van der Waals surface area contributed by atoms with Gasteiger partial charge >= 0.3 is 0 Å². The first-order valence-corrected chi connectivity index (χ1v) is 8.02. The maximum absolute atomic E-state index is 12.0. The number of rotatable bonds is 7. The van der Waals surface area contributed by atoms with Crippen molar-refractivity contribution in [3.05, 3.63) is 65.5 Å². The van der Waals surface area contributed by atoms with Crippen LogP contribution >= 0.6 is 0 Å². The van der Waals surface area contributed by atoms with Gasteiger partial charge in [0.05, 0.1) is 18.7 Å². The van der Waals surface area contributed by atoms with Gasteiger partial charge in [0.1, 0.15) is 0 Å². The Morgan fingerprint density at radius 3 is 2.67 bits per heavy atom. The van der Waals surface area contributed by atoms with Crippen molar-refractivity contribution >= 4 is 11.8 Å². The van der Waals surface area contributed by atoms with Gasteiger partial charge in [0.15, 0.2) is 0 Å². The predicted molar refractivity (Wildman–Crippen MR) is 93.2 cm³/mol. The molecule has 0 fully saturated rings. The standard InChI is InChI=1S/C19H23N3O2/c1-15-6-5-7-17(12-15)13-19(24)21-10-11-22(16(2)23)14-18-8-3-4-9-20-18/h3-9,12H,10-11,13-14H2,1-2H3,(H,21,24). The Morgan fingerprint density at radius 2 is 2.00 bits per heavy atom. The van der Waals surface area contributed by atoms with E-state index in [2.05, 4.69) is 10.3 Å². The number of carbonyl (C=O) groups excluding carboxylic acids is 2. The van der Waals surface area contributed by atoms with Crippen molar-refractivity contribution in [2.75, 3.05) is 13.1 Å². The summed E-state index contributed by atoms with van der Waals surface area (Å²) in [6.07, 6.45) is 2.05. The molecule has 2 rings (SSSR count). The van der Waals surface area contributed by atoms with Crippen LogP contribution in [0.4, 0.5) is 0 Å². The van der Waals surface area contributed by atoms with Crippen LogP contribution in [0.1, 0.15) is 23.7 Å². The zero-order valence-corrected chi connectivity index (χ0v) is 14.2. The molecule has 1 aromatic carbocycles. The molecule has 1 N–H and O–H groups in total. The van der Waals surface area contributed by atoms with E-state index < -0.39 is 0 Å². The van der Waals surface area contributed by atoms with Crippen molar-refractivity contribution in [2.45, 2.75) is 26.8 Å². The van der Waals surface area contributed by atoms with Crippen LogP contribution in [0.3, 0.4) is 0 Å². The molecule has 0 radical (unpaired) electrons. The average Bonchev–Trinajstić information content (AvgIpc) is 2.54. The van der Waals surface area contributed by atoms with Gasteiger partial charge in [-0.15, -0.1) is 0 Å². The summed E-state index contributed by atoms with van der Waals surface area (Å²) in [6, 6.07) is 13.5. The summed E-state index contributed by atoms with van der Waals surface area (Å²) in [5.41, 5.74) is 2.96. The van der Waals surface area contributed by atoms with Crippen LogP contribution in [-0.4, -0.2) is 34.8 Å². The maximum Gasteiger partial charge on any atom is 0.224 e. The molecule has 0 unspecified atom stereocenters. The lowest BCUT2D eigenvalue weighted by molar-refractivity contribution is -0.130. The lowest BCUT2D eigenvalue weighted by atomic mass is 10.1. The largest absolute Gasteiger partial charge is 0.354 e. The molecule has 0 saturated heterocycles. The zero-order chi connectivity index (χ0) is 17.4. The van der Waals surface area contributed by atoms with Crippen molar-refractivity contribution in [2.24, 2.45) is 0 Å². The Labute approximate surface area is 142 Å². The first-order chi connectivity index (χ1) is 11.5. The summed E-state index contributed by atoms with van der Waals surface area (Å²) in [5, 5.41) is 2.87. The number of nitrogens with one attached hydrogen (secondary N) is 1. The highest BCUT2D eigenvalue weighted by molar-refractivity contribution is 5.78. The lowest BCUT2D eigenvalue weighted by Gasteiger charge is -2.20. The molecule has 0 atom stereocenters. The number of aromatic nitrogens is 1. The van der Waals surface area contributed by atoms with Crippen molar-refractivity contribution in [3.8, 4) is 0 Å². The molecule has 2 amide bonds. The fraction of sp³-hybridized carbons (Fsp3) is 0.316. The normalized spacial score (nSPS) is 10.2. The van der Waals surface area contributed by atoms with Crippen LogP contribution in [-0.2, 0) is 22.6 Å². The summed E-state index contributed by atoms with van der Waals surface area (Å²) in [7, 11) is 0. The van der Waals surface area contributed by atoms with Gasteiger partial charge in [-0.2, -0.15) is 0 Å². The van der Waals surface area contributed by atoms with E-state index in [1.807, 2.05) is 49.4 Å². The minimum Gasteiger partial charge on any atom is -0.354 e. The SMILES string of the molecule is CC(=O)N(CCNC(=O)Cc1cccc(C)c1)Cc1ccccn1. The monoisotopic (exact) mass is 325 g/mol. The molecule has 126 valence electrons. The first kappa shape index (κ1) is 17.7. The average molecular weight is 325 g/mol. The number of hydrogen-bond donors (Lipinski definition) is 1. The molecular formula is C19H23N3O2. The third-order valence-corrected chi connectivity index (χ3v) is 3.68. The summed E-state index contributed by atoms with van der Waals surface area (Å²) >= 11 is 0. The van der Waals surface area contributed by atoms with E-state index in [4.69, 9.17) is 0 Å². The zero-order valence-electron chi connectivity index (χ0n) is 14.2. The summed E-state index contributed by atoms with van der Waals surface area (Å²) in [6.45, 7) is 4.87. The fourth-order valence-electron chi connectivity index (χ4n) is 2.44. The van der Waals surface area contributed by atoms with Gasteiger partial charge in [0.25, 0.3) is 0 Å². The topological polar surface area (TPSA) is 62.3 Å². The number of aryl methyl sites for hydroxylation is 1. The van der Waals surface area contributed by atoms with E-state index in [0.717, 1.165) is 16.8 Å². The molecule has 5 heteroatoms. The van der Waals surface area contributed by atoms with Crippen LogP contribution in [0.15, 0.2) is 48.7 Å². The highest BCUT2D eigenvalue weighted by atomic mass is 16.2. The number of amides is 2. The third kappa shape index (κ3) is 5.83. The lowest BCUT2D eigenvalue weighted by Crippen LogP contribution is -2.37. The smallest absolute Gasteiger partial charge is 0.224 e. The van der Waals surface area contributed by atoms with Gasteiger partial charge in [0.2, 0.25) is 11.8 Å². The Morgan fingerprint density at radius 1 is 1.17 bits per heavy atom. The Balaban J connectivity index is 1.80. The van der Waals surface area contributed by atoms with Crippen LogP contribution in [0.5, 0.6) is 0 Å². The fourth-order valence-corrected chi connectivity index (χ4v) is 2.44. The second kappa shape index (κ2) is 8.82. The quantitative estimate of drug-likeness (QED) is 0.848. The van der Waals surface area contributed by atoms with E-state index in [0.29, 0.717) is 26.1 Å². The van der Waals surface area contributed by atoms with Gasteiger partial charge < -0.3 is 10.2 Å². The number of carbonyl (C=O) groups is 2. The highest BCUT2D eigenvalue weighted by Crippen LogP contribution is 2.05. The van der Waals surface area contributed by atoms with Crippen molar-refractivity contribution in [1.29, 1.82) is 0 Å². The molecule has 0 bridgehead atoms. The Kier molecular flexibility index (Phi) is 6.49. The van der Waals surface area contributed by atoms with Gasteiger partial charge in [-0.05, 0) is 24.6 Å². The van der Waals surface area contributed by atoms with E-state index in [-0.39, 0.29) is 11.8 Å². The van der Waals surface area contributed by atoms with Gasteiger partial charge in [-0.3, -0.25) is 14.6 Å². The number of pyridine rings is 1. The Bertz CT molecular complexity index is 686. The van der Waals surface area contributed by atoms with Gasteiger partial charge in [-0.25, -0.2) is 0 Å². The molecule has 0 saturated carbocycles. The number of hydrogen-bond acceptors (Lipinski definition) is 3. The third-order valence-electron chi connectivity index (χ3n) is 3.68. The molecule has 1 aromatic heterocycles. The Hall–Kier alpha value is -2.69. The van der Waals surface area contributed by atoms with Crippen LogP contribution < -0.4 is 5.32 Å². The minimum absolute atomic E-state index is 0.0337. The molecule has 0 spiro atoms. The van der Waals surface area contributed by atoms with E-state index >= 15 is 0 Å². The van der Waals surface area contributed by atoms with Crippen molar-refractivity contribution in [1.82, 2.24) is 15.2 Å². The predicted octanol–water partition coefficient (Wildman–Crippen LogP) is 2.10. The molecule has 1 heterocycles. The van der Waals surface area contributed by atoms with Crippen molar-refractivity contribution < 1.29 is 9.59 Å². The minimum atomic E-state index is -0.0399. The van der Waals surface area contributed by atoms with Gasteiger partial charge in [0, 0.05) is 26.2 Å². The number of benzene rings is 1. The van der Waals surface area contributed by atoms with E-state index in [1.54, 1.807) is 11.1 Å². The molecule has 0 aliphatic rings. The number of nitrogens with zero attached hydrogens (tertiary/aromatic N) is 2. The van der Waals surface area contributed by atoms with Crippen LogP contribution in [0.2, 0.25) is 0 Å². The molecule has 5 nitrogen and oxygen atoms in total. The van der Waals surface area contributed by atoms with E-state index in [1.165, 1.54) is 6.92 Å². The molecule has 0 aliphatic carbocycles. The van der Waals surface area contributed by atoms with Gasteiger partial charge in [-0.1, -0.05) is 35.9 Å². The first-order valence-electron chi connectivity index (χ1n) is 8.02. The molecule has 24 heavy (non-hydrogen) atoms. The summed E-state index contributed by atoms with van der Waals surface area (Å²) in [4.78, 5) is 29.6. The summed E-state index contributed by atoms with van der Waals surface area (Å²) < 4.78 is 0. The molecule has 0 aliphatic heterocycles. The highest BCUT2D eigenvalue weighted by Gasteiger charge is 2.11. The maximum atomic E-state index is 12.0. The van der Waals surface area contributed by atoms with E-state index in [9.17, 15) is 9.59 Å². The second-order valence-corrected chi connectivity index (χ2v) is 5.78. The van der Waals surface area contributed by atoms with Crippen molar-refractivity contribution in [3.63, 3.8) is 0 Å².